The van der Waals surface area contributed by atoms with Crippen LogP contribution in [0.15, 0.2) is 36.0 Å². The molecule has 0 saturated carbocycles. The van der Waals surface area contributed by atoms with E-state index in [1.54, 1.807) is 0 Å². The quantitative estimate of drug-likeness (QED) is 0.846. The minimum Gasteiger partial charge on any atom is -0.444 e. The third kappa shape index (κ3) is 3.93. The van der Waals surface area contributed by atoms with Gasteiger partial charge in [0.1, 0.15) is 18.2 Å². The molecule has 1 aromatic rings. The number of amides is 1. The van der Waals surface area contributed by atoms with E-state index in [0.717, 1.165) is 37.8 Å². The molecule has 0 aromatic heterocycles. The maximum Gasteiger partial charge on any atom is 0.414 e. The van der Waals surface area contributed by atoms with Gasteiger partial charge in [0.25, 0.3) is 0 Å². The Balaban J connectivity index is 1.68. The standard InChI is InChI=1S/C19H24N2O4/c22-12-16-8-4-10-20(16)17-9-5-11-21(18(17)13-23)19(24)25-14-15-6-2-1-3-7-15/h1-3,6-7,16-17,22H,4-5,8-12,14H2. The number of ether oxygens (including phenoxy) is 1. The van der Waals surface area contributed by atoms with Gasteiger partial charge in [0.15, 0.2) is 0 Å². The number of carbonyl (C=O) groups excluding carboxylic acids is 2. The summed E-state index contributed by atoms with van der Waals surface area (Å²) in [5, 5.41) is 9.56. The second kappa shape index (κ2) is 8.30. The fraction of sp³-hybridized carbons (Fsp3) is 0.526. The molecule has 0 aliphatic carbocycles. The predicted molar refractivity (Wildman–Crippen MR) is 92.4 cm³/mol. The molecule has 2 aliphatic heterocycles. The van der Waals surface area contributed by atoms with Gasteiger partial charge in [-0.25, -0.2) is 9.59 Å². The highest BCUT2D eigenvalue weighted by Crippen LogP contribution is 2.30. The summed E-state index contributed by atoms with van der Waals surface area (Å²) in [6.45, 7) is 1.54. The largest absolute Gasteiger partial charge is 0.444 e. The number of aliphatic hydroxyl groups excluding tert-OH is 1. The van der Waals surface area contributed by atoms with E-state index >= 15 is 0 Å². The molecule has 0 radical (unpaired) electrons. The molecule has 1 aromatic carbocycles. The van der Waals surface area contributed by atoms with Crippen molar-refractivity contribution >= 4 is 12.0 Å². The first-order chi connectivity index (χ1) is 12.2. The van der Waals surface area contributed by atoms with Crippen LogP contribution < -0.4 is 0 Å². The molecule has 1 N–H and O–H groups in total. The lowest BCUT2D eigenvalue weighted by Crippen LogP contribution is -2.50. The zero-order valence-electron chi connectivity index (χ0n) is 14.3. The maximum atomic E-state index is 12.5. The topological polar surface area (TPSA) is 70.1 Å². The fourth-order valence-corrected chi connectivity index (χ4v) is 3.78. The van der Waals surface area contributed by atoms with Crippen molar-refractivity contribution in [3.05, 3.63) is 41.6 Å². The zero-order chi connectivity index (χ0) is 17.6. The summed E-state index contributed by atoms with van der Waals surface area (Å²) >= 11 is 0. The Labute approximate surface area is 147 Å². The van der Waals surface area contributed by atoms with Crippen LogP contribution in [0, 0.1) is 0 Å². The van der Waals surface area contributed by atoms with E-state index in [9.17, 15) is 14.7 Å². The summed E-state index contributed by atoms with van der Waals surface area (Å²) in [4.78, 5) is 27.6. The smallest absolute Gasteiger partial charge is 0.414 e. The summed E-state index contributed by atoms with van der Waals surface area (Å²) < 4.78 is 5.38. The zero-order valence-corrected chi connectivity index (χ0v) is 14.3. The van der Waals surface area contributed by atoms with E-state index in [4.69, 9.17) is 4.74 Å². The van der Waals surface area contributed by atoms with Crippen molar-refractivity contribution in [2.24, 2.45) is 0 Å². The van der Waals surface area contributed by atoms with Gasteiger partial charge < -0.3 is 9.84 Å². The van der Waals surface area contributed by atoms with Crippen molar-refractivity contribution in [3.8, 4) is 0 Å². The SMILES string of the molecule is O=C=C1C(N2CCCC2CO)CCCN1C(=O)OCc1ccccc1. The lowest BCUT2D eigenvalue weighted by atomic mass is 10.00. The van der Waals surface area contributed by atoms with Crippen LogP contribution in [0.5, 0.6) is 0 Å². The number of rotatable bonds is 4. The van der Waals surface area contributed by atoms with Gasteiger partial charge in [0.2, 0.25) is 0 Å². The number of carbonyl (C=O) groups is 1. The minimum atomic E-state index is -0.508. The van der Waals surface area contributed by atoms with E-state index in [1.165, 1.54) is 4.90 Å². The average Bonchev–Trinajstić information content (AvgIpc) is 3.14. The van der Waals surface area contributed by atoms with Crippen molar-refractivity contribution in [1.29, 1.82) is 0 Å². The van der Waals surface area contributed by atoms with Gasteiger partial charge in [0.05, 0.1) is 12.6 Å². The molecule has 2 unspecified atom stereocenters. The molecule has 3 rings (SSSR count). The van der Waals surface area contributed by atoms with Gasteiger partial charge in [-0.15, -0.1) is 0 Å². The van der Waals surface area contributed by atoms with Crippen LogP contribution in [0.4, 0.5) is 4.79 Å². The molecule has 25 heavy (non-hydrogen) atoms. The number of benzene rings is 1. The van der Waals surface area contributed by atoms with Crippen LogP contribution in [0.3, 0.4) is 0 Å². The number of hydrogen-bond acceptors (Lipinski definition) is 5. The van der Waals surface area contributed by atoms with Crippen molar-refractivity contribution in [1.82, 2.24) is 9.80 Å². The predicted octanol–water partition coefficient (Wildman–Crippen LogP) is 1.96. The van der Waals surface area contributed by atoms with Crippen LogP contribution in [0.1, 0.15) is 31.2 Å². The van der Waals surface area contributed by atoms with E-state index in [2.05, 4.69) is 4.90 Å². The molecule has 2 heterocycles. The van der Waals surface area contributed by atoms with Crippen LogP contribution in [0.2, 0.25) is 0 Å². The lowest BCUT2D eigenvalue weighted by molar-refractivity contribution is 0.0729. The van der Waals surface area contributed by atoms with E-state index < -0.39 is 6.09 Å². The highest BCUT2D eigenvalue weighted by molar-refractivity contribution is 5.74. The Kier molecular flexibility index (Phi) is 5.87. The van der Waals surface area contributed by atoms with Crippen LogP contribution in [-0.2, 0) is 16.1 Å². The highest BCUT2D eigenvalue weighted by Gasteiger charge is 2.39. The number of nitrogens with zero attached hydrogens (tertiary/aromatic N) is 2. The normalized spacial score (nSPS) is 24.2. The Morgan fingerprint density at radius 2 is 1.96 bits per heavy atom. The average molecular weight is 344 g/mol. The Bertz CT molecular complexity index is 642. The van der Waals surface area contributed by atoms with Gasteiger partial charge in [-0.05, 0) is 37.8 Å². The first-order valence-electron chi connectivity index (χ1n) is 8.84. The Morgan fingerprint density at radius 1 is 1.20 bits per heavy atom. The van der Waals surface area contributed by atoms with Crippen LogP contribution in [-0.4, -0.2) is 58.7 Å². The third-order valence-corrected chi connectivity index (χ3v) is 5.03. The molecule has 0 bridgehead atoms. The van der Waals surface area contributed by atoms with Gasteiger partial charge in [0, 0.05) is 12.6 Å². The molecular weight excluding hydrogens is 320 g/mol. The lowest BCUT2D eigenvalue weighted by Gasteiger charge is -2.39. The van der Waals surface area contributed by atoms with E-state index in [1.807, 2.05) is 36.3 Å². The molecule has 2 atom stereocenters. The van der Waals surface area contributed by atoms with Gasteiger partial charge in [-0.2, -0.15) is 0 Å². The third-order valence-electron chi connectivity index (χ3n) is 5.03. The monoisotopic (exact) mass is 344 g/mol. The summed E-state index contributed by atoms with van der Waals surface area (Å²) in [6.07, 6.45) is 2.99. The molecule has 134 valence electrons. The van der Waals surface area contributed by atoms with Gasteiger partial charge >= 0.3 is 6.09 Å². The molecule has 2 fully saturated rings. The van der Waals surface area contributed by atoms with Crippen LogP contribution in [0.25, 0.3) is 0 Å². The van der Waals surface area contributed by atoms with Gasteiger partial charge in [-0.3, -0.25) is 9.80 Å². The first-order valence-corrected chi connectivity index (χ1v) is 8.84. The number of hydrogen-bond donors (Lipinski definition) is 1. The second-order valence-electron chi connectivity index (χ2n) is 6.55. The molecule has 2 saturated heterocycles. The number of aliphatic hydroxyl groups is 1. The van der Waals surface area contributed by atoms with Crippen molar-refractivity contribution in [3.63, 3.8) is 0 Å². The van der Waals surface area contributed by atoms with Crippen molar-refractivity contribution in [2.75, 3.05) is 19.7 Å². The summed E-state index contributed by atoms with van der Waals surface area (Å²) in [5.41, 5.74) is 1.24. The summed E-state index contributed by atoms with van der Waals surface area (Å²) in [7, 11) is 0. The summed E-state index contributed by atoms with van der Waals surface area (Å²) in [6, 6.07) is 9.33. The summed E-state index contributed by atoms with van der Waals surface area (Å²) in [5.74, 6) is 1.97. The molecule has 0 spiro atoms. The van der Waals surface area contributed by atoms with Crippen LogP contribution >= 0.6 is 0 Å². The van der Waals surface area contributed by atoms with E-state index in [0.29, 0.717) is 12.2 Å². The minimum absolute atomic E-state index is 0.0497. The highest BCUT2D eigenvalue weighted by atomic mass is 16.6. The second-order valence-corrected chi connectivity index (χ2v) is 6.55. The fourth-order valence-electron chi connectivity index (χ4n) is 3.78. The Morgan fingerprint density at radius 3 is 2.68 bits per heavy atom. The maximum absolute atomic E-state index is 12.5. The first kappa shape index (κ1) is 17.7. The van der Waals surface area contributed by atoms with Crippen molar-refractivity contribution in [2.45, 2.75) is 44.4 Å². The number of likely N-dealkylation sites (tertiary alicyclic amines) is 2. The van der Waals surface area contributed by atoms with Gasteiger partial charge in [-0.1, -0.05) is 30.3 Å². The molecular formula is C19H24N2O4. The Hall–Kier alpha value is -2.14. The molecule has 6 nitrogen and oxygen atoms in total. The molecule has 6 heteroatoms. The number of piperidine rings is 1. The van der Waals surface area contributed by atoms with Crippen molar-refractivity contribution < 1.29 is 19.4 Å². The molecule has 1 amide bonds. The van der Waals surface area contributed by atoms with E-state index in [-0.39, 0.29) is 25.3 Å². The molecule has 2 aliphatic rings.